The topological polar surface area (TPSA) is 98.1 Å². The van der Waals surface area contributed by atoms with Gasteiger partial charge in [0, 0.05) is 18.1 Å². The van der Waals surface area contributed by atoms with Crippen LogP contribution in [0.3, 0.4) is 0 Å². The number of thioether (sulfide) groups is 1. The molecule has 8 nitrogen and oxygen atoms in total. The van der Waals surface area contributed by atoms with E-state index in [4.69, 9.17) is 16.3 Å². The highest BCUT2D eigenvalue weighted by Crippen LogP contribution is 2.24. The maximum Gasteiger partial charge on any atom is 0.244 e. The molecule has 0 spiro atoms. The monoisotopic (exact) mass is 471 g/mol. The minimum Gasteiger partial charge on any atom is -0.495 e. The summed E-state index contributed by atoms with van der Waals surface area (Å²) in [4.78, 5) is 24.4. The first kappa shape index (κ1) is 23.4. The van der Waals surface area contributed by atoms with Gasteiger partial charge < -0.3 is 19.9 Å². The number of rotatable bonds is 9. The first-order valence-electron chi connectivity index (χ1n) is 9.62. The molecule has 0 aliphatic heterocycles. The fraction of sp³-hybridized carbons (Fsp3) is 0.182. The van der Waals surface area contributed by atoms with Crippen molar-refractivity contribution >= 4 is 46.9 Å². The summed E-state index contributed by atoms with van der Waals surface area (Å²) >= 11 is 7.32. The van der Waals surface area contributed by atoms with E-state index in [1.165, 1.54) is 17.8 Å². The van der Waals surface area contributed by atoms with E-state index in [-0.39, 0.29) is 24.1 Å². The smallest absolute Gasteiger partial charge is 0.244 e. The van der Waals surface area contributed by atoms with Crippen LogP contribution in [0.1, 0.15) is 11.4 Å². The van der Waals surface area contributed by atoms with Gasteiger partial charge in [0.25, 0.3) is 0 Å². The second kappa shape index (κ2) is 11.4. The standard InChI is InChI=1S/C22H22ClN5O3S/c1-28-19(13-24-20(29)12-11-15-7-3-4-8-16(15)23)26-27-22(28)32-14-21(30)25-17-9-5-6-10-18(17)31-2/h3-12H,13-14H2,1-2H3,(H,24,29)(H,25,30). The largest absolute Gasteiger partial charge is 0.495 e. The lowest BCUT2D eigenvalue weighted by Crippen LogP contribution is -2.22. The summed E-state index contributed by atoms with van der Waals surface area (Å²) in [5, 5.41) is 14.9. The second-order valence-corrected chi connectivity index (χ2v) is 7.92. The van der Waals surface area contributed by atoms with E-state index >= 15 is 0 Å². The van der Waals surface area contributed by atoms with Crippen LogP contribution in [0.25, 0.3) is 6.08 Å². The number of nitrogens with one attached hydrogen (secondary N) is 2. The number of para-hydroxylation sites is 2. The third kappa shape index (κ3) is 6.35. The van der Waals surface area contributed by atoms with E-state index in [9.17, 15) is 9.59 Å². The van der Waals surface area contributed by atoms with Crippen LogP contribution in [-0.2, 0) is 23.2 Å². The van der Waals surface area contributed by atoms with E-state index in [0.29, 0.717) is 27.4 Å². The lowest BCUT2D eigenvalue weighted by Gasteiger charge is -2.09. The lowest BCUT2D eigenvalue weighted by molar-refractivity contribution is -0.116. The van der Waals surface area contributed by atoms with Crippen molar-refractivity contribution in [3.05, 3.63) is 71.0 Å². The molecule has 0 saturated heterocycles. The van der Waals surface area contributed by atoms with Gasteiger partial charge in [0.05, 0.1) is 25.1 Å². The van der Waals surface area contributed by atoms with E-state index in [1.54, 1.807) is 43.0 Å². The fourth-order valence-electron chi connectivity index (χ4n) is 2.69. The van der Waals surface area contributed by atoms with Crippen molar-refractivity contribution in [1.29, 1.82) is 0 Å². The summed E-state index contributed by atoms with van der Waals surface area (Å²) in [5.41, 5.74) is 1.36. The predicted molar refractivity (Wildman–Crippen MR) is 126 cm³/mol. The van der Waals surface area contributed by atoms with Gasteiger partial charge in [0.15, 0.2) is 11.0 Å². The number of methoxy groups -OCH3 is 1. The number of nitrogens with zero attached hydrogens (tertiary/aromatic N) is 3. The molecule has 0 unspecified atom stereocenters. The molecule has 1 aromatic heterocycles. The molecule has 166 valence electrons. The number of hydrogen-bond donors (Lipinski definition) is 2. The number of hydrogen-bond acceptors (Lipinski definition) is 6. The van der Waals surface area contributed by atoms with Crippen LogP contribution < -0.4 is 15.4 Å². The first-order valence-corrected chi connectivity index (χ1v) is 11.0. The quantitative estimate of drug-likeness (QED) is 0.366. The summed E-state index contributed by atoms with van der Waals surface area (Å²) in [7, 11) is 3.33. The van der Waals surface area contributed by atoms with E-state index in [2.05, 4.69) is 20.8 Å². The maximum atomic E-state index is 12.3. The highest BCUT2D eigenvalue weighted by Gasteiger charge is 2.13. The molecule has 0 atom stereocenters. The molecule has 0 fully saturated rings. The number of ether oxygens (including phenoxy) is 1. The zero-order valence-corrected chi connectivity index (χ0v) is 19.1. The van der Waals surface area contributed by atoms with Crippen LogP contribution >= 0.6 is 23.4 Å². The Morgan fingerprint density at radius 2 is 1.91 bits per heavy atom. The number of amides is 2. The predicted octanol–water partition coefficient (Wildman–Crippen LogP) is 3.54. The number of halogens is 1. The first-order chi connectivity index (χ1) is 15.5. The van der Waals surface area contributed by atoms with Gasteiger partial charge in [-0.15, -0.1) is 10.2 Å². The Morgan fingerprint density at radius 1 is 1.16 bits per heavy atom. The van der Waals surface area contributed by atoms with Crippen molar-refractivity contribution in [2.45, 2.75) is 11.7 Å². The Kier molecular flexibility index (Phi) is 8.29. The molecule has 0 saturated carbocycles. The minimum absolute atomic E-state index is 0.150. The van der Waals surface area contributed by atoms with Crippen LogP contribution in [0, 0.1) is 0 Å². The molecule has 0 radical (unpaired) electrons. The van der Waals surface area contributed by atoms with Crippen molar-refractivity contribution in [2.75, 3.05) is 18.2 Å². The molecule has 0 bridgehead atoms. The number of carbonyl (C=O) groups excluding carboxylic acids is 2. The Hall–Kier alpha value is -3.30. The molecule has 0 aliphatic rings. The zero-order valence-electron chi connectivity index (χ0n) is 17.5. The molecule has 10 heteroatoms. The number of aromatic nitrogens is 3. The Morgan fingerprint density at radius 3 is 2.69 bits per heavy atom. The molecule has 3 rings (SSSR count). The van der Waals surface area contributed by atoms with Crippen molar-refractivity contribution < 1.29 is 14.3 Å². The van der Waals surface area contributed by atoms with Gasteiger partial charge >= 0.3 is 0 Å². The summed E-state index contributed by atoms with van der Waals surface area (Å²) in [6.07, 6.45) is 3.06. The van der Waals surface area contributed by atoms with Crippen molar-refractivity contribution in [1.82, 2.24) is 20.1 Å². The van der Waals surface area contributed by atoms with Crippen LogP contribution in [-0.4, -0.2) is 39.4 Å². The number of benzene rings is 2. The molecular weight excluding hydrogens is 450 g/mol. The van der Waals surface area contributed by atoms with Gasteiger partial charge in [-0.3, -0.25) is 9.59 Å². The summed E-state index contributed by atoms with van der Waals surface area (Å²) < 4.78 is 6.97. The van der Waals surface area contributed by atoms with E-state index < -0.39 is 0 Å². The average Bonchev–Trinajstić information content (AvgIpc) is 3.15. The molecule has 32 heavy (non-hydrogen) atoms. The van der Waals surface area contributed by atoms with Crippen LogP contribution in [0.2, 0.25) is 5.02 Å². The molecule has 0 aliphatic carbocycles. The van der Waals surface area contributed by atoms with Crippen molar-refractivity contribution in [3.8, 4) is 5.75 Å². The van der Waals surface area contributed by atoms with E-state index in [0.717, 1.165) is 5.56 Å². The van der Waals surface area contributed by atoms with Gasteiger partial charge in [0.1, 0.15) is 5.75 Å². The second-order valence-electron chi connectivity index (χ2n) is 6.57. The molecule has 3 aromatic rings. The normalized spacial score (nSPS) is 10.8. The maximum absolute atomic E-state index is 12.3. The van der Waals surface area contributed by atoms with Gasteiger partial charge in [-0.05, 0) is 29.8 Å². The number of carbonyl (C=O) groups is 2. The summed E-state index contributed by atoms with van der Waals surface area (Å²) in [6, 6.07) is 14.4. The van der Waals surface area contributed by atoms with Gasteiger partial charge in [-0.25, -0.2) is 0 Å². The van der Waals surface area contributed by atoms with Gasteiger partial charge in [-0.1, -0.05) is 53.7 Å². The van der Waals surface area contributed by atoms with Gasteiger partial charge in [-0.2, -0.15) is 0 Å². The van der Waals surface area contributed by atoms with Crippen LogP contribution in [0.15, 0.2) is 59.8 Å². The fourth-order valence-corrected chi connectivity index (χ4v) is 3.62. The Balaban J connectivity index is 1.50. The SMILES string of the molecule is COc1ccccc1NC(=O)CSc1nnc(CNC(=O)C=Cc2ccccc2Cl)n1C. The Labute approximate surface area is 195 Å². The third-order valence-corrected chi connectivity index (χ3v) is 5.74. The van der Waals surface area contributed by atoms with Gasteiger partial charge in [0.2, 0.25) is 11.8 Å². The molecule has 2 amide bonds. The van der Waals surface area contributed by atoms with Crippen LogP contribution in [0.5, 0.6) is 5.75 Å². The molecule has 1 heterocycles. The average molecular weight is 472 g/mol. The third-order valence-electron chi connectivity index (χ3n) is 4.38. The molecule has 2 N–H and O–H groups in total. The minimum atomic E-state index is -0.279. The zero-order chi connectivity index (χ0) is 22.9. The van der Waals surface area contributed by atoms with Crippen LogP contribution in [0.4, 0.5) is 5.69 Å². The highest BCUT2D eigenvalue weighted by molar-refractivity contribution is 7.99. The molecular formula is C22H22ClN5O3S. The summed E-state index contributed by atoms with van der Waals surface area (Å²) in [5.74, 6) is 0.834. The Bertz CT molecular complexity index is 1130. The lowest BCUT2D eigenvalue weighted by atomic mass is 10.2. The highest BCUT2D eigenvalue weighted by atomic mass is 35.5. The molecule has 2 aromatic carbocycles. The van der Waals surface area contributed by atoms with E-state index in [1.807, 2.05) is 30.3 Å². The van der Waals surface area contributed by atoms with Crippen molar-refractivity contribution in [2.24, 2.45) is 7.05 Å². The number of anilines is 1. The summed E-state index contributed by atoms with van der Waals surface area (Å²) in [6.45, 7) is 0.198. The van der Waals surface area contributed by atoms with Crippen molar-refractivity contribution in [3.63, 3.8) is 0 Å².